The van der Waals surface area contributed by atoms with Crippen molar-refractivity contribution in [3.63, 3.8) is 0 Å². The zero-order valence-corrected chi connectivity index (χ0v) is 10.6. The van der Waals surface area contributed by atoms with Gasteiger partial charge in [0, 0.05) is 6.20 Å². The second-order valence-corrected chi connectivity index (χ2v) is 5.14. The number of rotatable bonds is 3. The summed E-state index contributed by atoms with van der Waals surface area (Å²) in [5.41, 5.74) is 1.09. The minimum Gasteiger partial charge on any atom is -0.487 e. The zero-order chi connectivity index (χ0) is 10.1. The lowest BCUT2D eigenvalue weighted by molar-refractivity contribution is 0.294. The fourth-order valence-electron chi connectivity index (χ4n) is 1.32. The molecule has 1 aliphatic rings. The minimum atomic E-state index is 0.429. The molecule has 1 fully saturated rings. The van der Waals surface area contributed by atoms with Gasteiger partial charge in [-0.1, -0.05) is 13.8 Å². The van der Waals surface area contributed by atoms with Crippen LogP contribution in [0.3, 0.4) is 0 Å². The third-order valence-corrected chi connectivity index (χ3v) is 3.09. The second-order valence-electron chi connectivity index (χ2n) is 3.98. The van der Waals surface area contributed by atoms with Gasteiger partial charge in [0.2, 0.25) is 0 Å². The van der Waals surface area contributed by atoms with Crippen LogP contribution in [0.4, 0.5) is 0 Å². The van der Waals surface area contributed by atoms with Gasteiger partial charge in [0.05, 0.1) is 15.4 Å². The van der Waals surface area contributed by atoms with Crippen LogP contribution in [0.5, 0.6) is 5.75 Å². The maximum atomic E-state index is 5.88. The van der Waals surface area contributed by atoms with Crippen LogP contribution in [0.1, 0.15) is 38.3 Å². The summed E-state index contributed by atoms with van der Waals surface area (Å²) in [5, 5.41) is 0. The van der Waals surface area contributed by atoms with Gasteiger partial charge in [0.15, 0.2) is 5.75 Å². The zero-order valence-electron chi connectivity index (χ0n) is 8.46. The summed E-state index contributed by atoms with van der Waals surface area (Å²) in [5.74, 6) is 1.43. The van der Waals surface area contributed by atoms with E-state index in [0.717, 1.165) is 11.4 Å². The van der Waals surface area contributed by atoms with Crippen molar-refractivity contribution in [2.24, 2.45) is 0 Å². The molecule has 0 saturated heterocycles. The molecule has 0 N–H and O–H groups in total. The van der Waals surface area contributed by atoms with Gasteiger partial charge in [-0.15, -0.1) is 0 Å². The molecule has 2 rings (SSSR count). The van der Waals surface area contributed by atoms with Crippen LogP contribution in [-0.4, -0.2) is 11.1 Å². The first-order valence-corrected chi connectivity index (χ1v) is 6.07. The van der Waals surface area contributed by atoms with E-state index in [2.05, 4.69) is 41.4 Å². The Morgan fingerprint density at radius 2 is 2.21 bits per heavy atom. The molecule has 1 heterocycles. The highest BCUT2D eigenvalue weighted by Crippen LogP contribution is 2.34. The van der Waals surface area contributed by atoms with E-state index in [0.29, 0.717) is 12.0 Å². The molecule has 1 aromatic heterocycles. The fourth-order valence-corrected chi connectivity index (χ4v) is 1.88. The number of nitrogens with zero attached hydrogens (tertiary/aromatic N) is 1. The van der Waals surface area contributed by atoms with Gasteiger partial charge in [0.1, 0.15) is 0 Å². The molecule has 0 radical (unpaired) electrons. The first-order valence-electron chi connectivity index (χ1n) is 4.99. The van der Waals surface area contributed by atoms with Crippen molar-refractivity contribution >= 4 is 22.6 Å². The van der Waals surface area contributed by atoms with Gasteiger partial charge in [-0.25, -0.2) is 0 Å². The molecule has 0 aliphatic heterocycles. The second kappa shape index (κ2) is 4.04. The molecule has 1 aliphatic carbocycles. The lowest BCUT2D eigenvalue weighted by atomic mass is 10.1. The van der Waals surface area contributed by atoms with Gasteiger partial charge in [-0.05, 0) is 47.4 Å². The number of hydrogen-bond donors (Lipinski definition) is 0. The Morgan fingerprint density at radius 1 is 1.50 bits per heavy atom. The Hall–Kier alpha value is -0.320. The molecule has 0 amide bonds. The average molecular weight is 303 g/mol. The highest BCUT2D eigenvalue weighted by molar-refractivity contribution is 14.1. The largest absolute Gasteiger partial charge is 0.487 e. The lowest BCUT2D eigenvalue weighted by Gasteiger charge is -2.13. The Labute approximate surface area is 98.2 Å². The molecule has 0 aromatic carbocycles. The average Bonchev–Trinajstić information content (AvgIpc) is 2.91. The predicted molar refractivity (Wildman–Crippen MR) is 64.7 cm³/mol. The van der Waals surface area contributed by atoms with Crippen molar-refractivity contribution in [3.05, 3.63) is 21.5 Å². The number of ether oxygens (including phenoxy) is 1. The van der Waals surface area contributed by atoms with Gasteiger partial charge in [-0.3, -0.25) is 4.98 Å². The highest BCUT2D eigenvalue weighted by Gasteiger charge is 2.26. The predicted octanol–water partition coefficient (Wildman–Crippen LogP) is 3.35. The molecule has 76 valence electrons. The van der Waals surface area contributed by atoms with E-state index in [1.54, 1.807) is 0 Å². The molecular formula is C11H14INO. The van der Waals surface area contributed by atoms with Crippen LogP contribution >= 0.6 is 22.6 Å². The number of halogens is 1. The van der Waals surface area contributed by atoms with E-state index in [1.165, 1.54) is 16.4 Å². The standard InChI is InChI=1S/C11H14INO/c1-7(2)10-11(14-8-3-4-8)9(12)5-6-13-10/h5-8H,3-4H2,1-2H3. The first kappa shape index (κ1) is 10.2. The highest BCUT2D eigenvalue weighted by atomic mass is 127. The maximum Gasteiger partial charge on any atom is 0.154 e. The van der Waals surface area contributed by atoms with Gasteiger partial charge >= 0.3 is 0 Å². The van der Waals surface area contributed by atoms with Crippen LogP contribution in [-0.2, 0) is 0 Å². The minimum absolute atomic E-state index is 0.429. The Morgan fingerprint density at radius 3 is 2.79 bits per heavy atom. The van der Waals surface area contributed by atoms with E-state index < -0.39 is 0 Å². The van der Waals surface area contributed by atoms with E-state index >= 15 is 0 Å². The molecule has 0 bridgehead atoms. The fraction of sp³-hybridized carbons (Fsp3) is 0.545. The van der Waals surface area contributed by atoms with Crippen LogP contribution in [0.25, 0.3) is 0 Å². The van der Waals surface area contributed by atoms with E-state index in [1.807, 2.05) is 12.3 Å². The van der Waals surface area contributed by atoms with Gasteiger partial charge in [0.25, 0.3) is 0 Å². The summed E-state index contributed by atoms with van der Waals surface area (Å²) < 4.78 is 7.05. The smallest absolute Gasteiger partial charge is 0.154 e. The SMILES string of the molecule is CC(C)c1nccc(I)c1OC1CC1. The molecule has 0 unspecified atom stereocenters. The van der Waals surface area contributed by atoms with E-state index in [-0.39, 0.29) is 0 Å². The topological polar surface area (TPSA) is 22.1 Å². The summed E-state index contributed by atoms with van der Waals surface area (Å²) in [6.45, 7) is 4.30. The Kier molecular flexibility index (Phi) is 2.95. The van der Waals surface area contributed by atoms with Crippen molar-refractivity contribution in [1.82, 2.24) is 4.98 Å². The number of hydrogen-bond acceptors (Lipinski definition) is 2. The third-order valence-electron chi connectivity index (χ3n) is 2.24. The van der Waals surface area contributed by atoms with Crippen LogP contribution in [0, 0.1) is 3.57 Å². The van der Waals surface area contributed by atoms with Gasteiger partial charge in [-0.2, -0.15) is 0 Å². The van der Waals surface area contributed by atoms with Crippen LogP contribution < -0.4 is 4.74 Å². The molecular weight excluding hydrogens is 289 g/mol. The summed E-state index contributed by atoms with van der Waals surface area (Å²) >= 11 is 2.32. The van der Waals surface area contributed by atoms with Crippen molar-refractivity contribution in [2.45, 2.75) is 38.7 Å². The number of aromatic nitrogens is 1. The van der Waals surface area contributed by atoms with Crippen LogP contribution in [0.2, 0.25) is 0 Å². The van der Waals surface area contributed by atoms with E-state index in [9.17, 15) is 0 Å². The molecule has 1 aromatic rings. The molecule has 0 spiro atoms. The maximum absolute atomic E-state index is 5.88. The molecule has 0 atom stereocenters. The Balaban J connectivity index is 2.31. The van der Waals surface area contributed by atoms with Gasteiger partial charge < -0.3 is 4.74 Å². The quantitative estimate of drug-likeness (QED) is 0.799. The van der Waals surface area contributed by atoms with E-state index in [4.69, 9.17) is 4.74 Å². The third kappa shape index (κ3) is 2.19. The Bertz CT molecular complexity index is 334. The lowest BCUT2D eigenvalue weighted by Crippen LogP contribution is -2.04. The van der Waals surface area contributed by atoms with Crippen molar-refractivity contribution < 1.29 is 4.74 Å². The van der Waals surface area contributed by atoms with Crippen molar-refractivity contribution in [3.8, 4) is 5.75 Å². The summed E-state index contributed by atoms with van der Waals surface area (Å²) in [6.07, 6.45) is 4.70. The van der Waals surface area contributed by atoms with Crippen molar-refractivity contribution in [1.29, 1.82) is 0 Å². The number of pyridine rings is 1. The first-order chi connectivity index (χ1) is 6.68. The summed E-state index contributed by atoms with van der Waals surface area (Å²) in [4.78, 5) is 4.39. The molecule has 2 nitrogen and oxygen atoms in total. The van der Waals surface area contributed by atoms with Crippen molar-refractivity contribution in [2.75, 3.05) is 0 Å². The molecule has 14 heavy (non-hydrogen) atoms. The van der Waals surface area contributed by atoms with Crippen LogP contribution in [0.15, 0.2) is 12.3 Å². The summed E-state index contributed by atoms with van der Waals surface area (Å²) in [6, 6.07) is 2.00. The summed E-state index contributed by atoms with van der Waals surface area (Å²) in [7, 11) is 0. The normalized spacial score (nSPS) is 16.0. The molecule has 1 saturated carbocycles. The monoisotopic (exact) mass is 303 g/mol. The molecule has 3 heteroatoms.